The standard InChI is InChI=1S/C65H122O6/c1-4-7-10-13-16-19-22-25-27-29-30-31-32-33-34-35-37-38-40-43-46-49-52-55-58-64(67)70-61-62(60-69-63(66)57-54-51-48-45-42-24-21-18-15-12-9-6-3)71-65(68)59-56-53-50-47-44-41-39-36-28-26-23-20-17-14-11-8-5-2/h17,20,26,28,62H,4-16,18-19,21-25,27,29-61H2,1-3H3/b20-17-,28-26-. The zero-order chi connectivity index (χ0) is 51.4. The number of hydrogen-bond acceptors (Lipinski definition) is 6. The van der Waals surface area contributed by atoms with E-state index < -0.39 is 6.10 Å². The first kappa shape index (κ1) is 68.9. The Bertz CT molecular complexity index is 1150. The number of rotatable bonds is 59. The normalized spacial score (nSPS) is 12.1. The fourth-order valence-electron chi connectivity index (χ4n) is 9.65. The summed E-state index contributed by atoms with van der Waals surface area (Å²) in [6.45, 7) is 6.67. The van der Waals surface area contributed by atoms with Crippen molar-refractivity contribution in [3.05, 3.63) is 24.3 Å². The molecular formula is C65H122O6. The van der Waals surface area contributed by atoms with Crippen molar-refractivity contribution in [1.82, 2.24) is 0 Å². The molecule has 71 heavy (non-hydrogen) atoms. The highest BCUT2D eigenvalue weighted by Crippen LogP contribution is 2.18. The Morgan fingerprint density at radius 1 is 0.282 bits per heavy atom. The van der Waals surface area contributed by atoms with E-state index in [4.69, 9.17) is 14.2 Å². The predicted octanol–water partition coefficient (Wildman–Crippen LogP) is 21.4. The summed E-state index contributed by atoms with van der Waals surface area (Å²) in [7, 11) is 0. The highest BCUT2D eigenvalue weighted by atomic mass is 16.6. The van der Waals surface area contributed by atoms with Gasteiger partial charge in [0.2, 0.25) is 0 Å². The maximum atomic E-state index is 12.9. The minimum Gasteiger partial charge on any atom is -0.462 e. The van der Waals surface area contributed by atoms with E-state index >= 15 is 0 Å². The number of unbranched alkanes of at least 4 members (excludes halogenated alkanes) is 44. The molecule has 0 fully saturated rings. The van der Waals surface area contributed by atoms with E-state index in [2.05, 4.69) is 45.1 Å². The van der Waals surface area contributed by atoms with Gasteiger partial charge >= 0.3 is 17.9 Å². The quantitative estimate of drug-likeness (QED) is 0.0261. The van der Waals surface area contributed by atoms with Crippen LogP contribution in [0.15, 0.2) is 24.3 Å². The van der Waals surface area contributed by atoms with Crippen LogP contribution in [0.5, 0.6) is 0 Å². The maximum Gasteiger partial charge on any atom is 0.306 e. The highest BCUT2D eigenvalue weighted by molar-refractivity contribution is 5.71. The molecule has 0 aliphatic carbocycles. The van der Waals surface area contributed by atoms with E-state index in [1.807, 2.05) is 0 Å². The van der Waals surface area contributed by atoms with Crippen LogP contribution in [-0.2, 0) is 28.6 Å². The van der Waals surface area contributed by atoms with Crippen molar-refractivity contribution in [3.8, 4) is 0 Å². The van der Waals surface area contributed by atoms with E-state index in [1.165, 1.54) is 244 Å². The van der Waals surface area contributed by atoms with Crippen LogP contribution in [0, 0.1) is 0 Å². The third-order valence-corrected chi connectivity index (χ3v) is 14.5. The average molecular weight is 1000 g/mol. The van der Waals surface area contributed by atoms with Crippen molar-refractivity contribution in [3.63, 3.8) is 0 Å². The van der Waals surface area contributed by atoms with Crippen LogP contribution in [0.2, 0.25) is 0 Å². The Morgan fingerprint density at radius 3 is 0.803 bits per heavy atom. The minimum absolute atomic E-state index is 0.0687. The van der Waals surface area contributed by atoms with Gasteiger partial charge in [0.25, 0.3) is 0 Å². The molecule has 0 aromatic rings. The molecule has 0 aliphatic heterocycles. The predicted molar refractivity (Wildman–Crippen MR) is 307 cm³/mol. The Labute approximate surface area is 443 Å². The van der Waals surface area contributed by atoms with Gasteiger partial charge in [-0.3, -0.25) is 14.4 Å². The molecule has 0 saturated carbocycles. The van der Waals surface area contributed by atoms with Gasteiger partial charge in [0, 0.05) is 19.3 Å². The van der Waals surface area contributed by atoms with Gasteiger partial charge in [0.05, 0.1) is 0 Å². The largest absolute Gasteiger partial charge is 0.462 e. The van der Waals surface area contributed by atoms with Crippen LogP contribution in [0.25, 0.3) is 0 Å². The molecule has 6 nitrogen and oxygen atoms in total. The first-order valence-electron chi connectivity index (χ1n) is 31.8. The summed E-state index contributed by atoms with van der Waals surface area (Å²) in [4.78, 5) is 38.2. The Morgan fingerprint density at radius 2 is 0.507 bits per heavy atom. The molecule has 418 valence electrons. The number of ether oxygens (including phenoxy) is 3. The third-order valence-electron chi connectivity index (χ3n) is 14.5. The van der Waals surface area contributed by atoms with E-state index in [9.17, 15) is 14.4 Å². The fourth-order valence-corrected chi connectivity index (χ4v) is 9.65. The fraction of sp³-hybridized carbons (Fsp3) is 0.892. The second-order valence-electron chi connectivity index (χ2n) is 21.7. The van der Waals surface area contributed by atoms with Crippen LogP contribution in [0.4, 0.5) is 0 Å². The Hall–Kier alpha value is -2.11. The van der Waals surface area contributed by atoms with Gasteiger partial charge in [-0.05, 0) is 51.4 Å². The Balaban J connectivity index is 4.22. The van der Waals surface area contributed by atoms with Crippen molar-refractivity contribution in [1.29, 1.82) is 0 Å². The number of hydrogen-bond donors (Lipinski definition) is 0. The van der Waals surface area contributed by atoms with Crippen LogP contribution >= 0.6 is 0 Å². The summed E-state index contributed by atoms with van der Waals surface area (Å²) in [6, 6.07) is 0. The van der Waals surface area contributed by atoms with Crippen LogP contribution < -0.4 is 0 Å². The number of carbonyl (C=O) groups excluding carboxylic acids is 3. The SMILES string of the molecule is CCCCC/C=C\C/C=C\CCCCCCCCCC(=O)OC(COC(=O)CCCCCCCCCCCCCC)COC(=O)CCCCCCCCCCCCCCCCCCCCCCCCCC. The summed E-state index contributed by atoms with van der Waals surface area (Å²) in [6.07, 6.45) is 71.9. The molecule has 0 N–H and O–H groups in total. The summed E-state index contributed by atoms with van der Waals surface area (Å²) in [5.41, 5.74) is 0. The zero-order valence-corrected chi connectivity index (χ0v) is 48.0. The lowest BCUT2D eigenvalue weighted by molar-refractivity contribution is -0.167. The minimum atomic E-state index is -0.771. The van der Waals surface area contributed by atoms with E-state index in [0.717, 1.165) is 70.6 Å². The first-order valence-corrected chi connectivity index (χ1v) is 31.8. The van der Waals surface area contributed by atoms with Crippen LogP contribution in [0.3, 0.4) is 0 Å². The van der Waals surface area contributed by atoms with Gasteiger partial charge in [0.15, 0.2) is 6.10 Å². The molecule has 0 spiro atoms. The molecule has 1 atom stereocenters. The molecule has 0 heterocycles. The molecule has 0 rings (SSSR count). The smallest absolute Gasteiger partial charge is 0.306 e. The highest BCUT2D eigenvalue weighted by Gasteiger charge is 2.19. The second-order valence-corrected chi connectivity index (χ2v) is 21.7. The van der Waals surface area contributed by atoms with Crippen molar-refractivity contribution in [2.45, 2.75) is 361 Å². The van der Waals surface area contributed by atoms with E-state index in [0.29, 0.717) is 19.3 Å². The van der Waals surface area contributed by atoms with Crippen molar-refractivity contribution in [2.24, 2.45) is 0 Å². The molecule has 0 aromatic heterocycles. The third kappa shape index (κ3) is 58.7. The van der Waals surface area contributed by atoms with Gasteiger partial charge in [0.1, 0.15) is 13.2 Å². The van der Waals surface area contributed by atoms with Gasteiger partial charge in [-0.15, -0.1) is 0 Å². The van der Waals surface area contributed by atoms with Crippen molar-refractivity contribution < 1.29 is 28.6 Å². The van der Waals surface area contributed by atoms with Gasteiger partial charge in [-0.2, -0.15) is 0 Å². The molecular weight excluding hydrogens is 877 g/mol. The molecule has 0 aliphatic rings. The molecule has 6 heteroatoms. The van der Waals surface area contributed by atoms with E-state index in [-0.39, 0.29) is 31.1 Å². The lowest BCUT2D eigenvalue weighted by atomic mass is 10.0. The van der Waals surface area contributed by atoms with Gasteiger partial charge < -0.3 is 14.2 Å². The lowest BCUT2D eigenvalue weighted by Crippen LogP contribution is -2.30. The number of carbonyl (C=O) groups is 3. The lowest BCUT2D eigenvalue weighted by Gasteiger charge is -2.18. The summed E-state index contributed by atoms with van der Waals surface area (Å²) >= 11 is 0. The second kappa shape index (κ2) is 60.4. The van der Waals surface area contributed by atoms with Crippen molar-refractivity contribution in [2.75, 3.05) is 13.2 Å². The Kier molecular flexibility index (Phi) is 58.6. The summed E-state index contributed by atoms with van der Waals surface area (Å²) in [5.74, 6) is -0.851. The monoisotopic (exact) mass is 999 g/mol. The molecule has 0 saturated heterocycles. The topological polar surface area (TPSA) is 78.9 Å². The van der Waals surface area contributed by atoms with Crippen LogP contribution in [-0.4, -0.2) is 37.2 Å². The van der Waals surface area contributed by atoms with Gasteiger partial charge in [-0.25, -0.2) is 0 Å². The average Bonchev–Trinajstić information content (AvgIpc) is 3.37. The van der Waals surface area contributed by atoms with Gasteiger partial charge in [-0.1, -0.05) is 308 Å². The molecule has 1 unspecified atom stereocenters. The summed E-state index contributed by atoms with van der Waals surface area (Å²) in [5, 5.41) is 0. The zero-order valence-electron chi connectivity index (χ0n) is 48.0. The van der Waals surface area contributed by atoms with Crippen LogP contribution in [0.1, 0.15) is 355 Å². The summed E-state index contributed by atoms with van der Waals surface area (Å²) < 4.78 is 16.9. The van der Waals surface area contributed by atoms with Crippen molar-refractivity contribution >= 4 is 17.9 Å². The molecule has 0 radical (unpaired) electrons. The molecule has 0 amide bonds. The van der Waals surface area contributed by atoms with E-state index in [1.54, 1.807) is 0 Å². The number of esters is 3. The molecule has 0 bridgehead atoms. The number of allylic oxidation sites excluding steroid dienone is 4. The molecule has 0 aromatic carbocycles. The maximum absolute atomic E-state index is 12.9. The first-order chi connectivity index (χ1) is 35.0.